The summed E-state index contributed by atoms with van der Waals surface area (Å²) in [7, 11) is 0. The highest BCUT2D eigenvalue weighted by Crippen LogP contribution is 2.63. The summed E-state index contributed by atoms with van der Waals surface area (Å²) in [5.41, 5.74) is -4.06. The van der Waals surface area contributed by atoms with E-state index in [1.165, 1.54) is 0 Å². The number of esters is 2. The summed E-state index contributed by atoms with van der Waals surface area (Å²) < 4.78 is 17.4. The standard InChI is InChI=1S/C32H54O8/c1-10-30(7,25(33)34)19-31(8,27(36)40-24-13-11-12-14-38-24)18-20(2)17-28(3,4)26(35)39-23-16-21-15-22(29(21,5)6)32(23,9)37/h20-24,37H,10-19H2,1-9H3,(H,33,34)/t20?,21?,22?,23?,24?,30?,31?,32-/m0/s1. The Bertz CT molecular complexity index is 949. The Kier molecular flexibility index (Phi) is 9.48. The lowest BCUT2D eigenvalue weighted by Crippen LogP contribution is -2.67. The predicted molar refractivity (Wildman–Crippen MR) is 151 cm³/mol. The summed E-state index contributed by atoms with van der Waals surface area (Å²) in [6.45, 7) is 17.6. The van der Waals surface area contributed by atoms with E-state index in [0.717, 1.165) is 19.3 Å². The molecule has 40 heavy (non-hydrogen) atoms. The van der Waals surface area contributed by atoms with Gasteiger partial charge in [-0.1, -0.05) is 27.7 Å². The van der Waals surface area contributed by atoms with Crippen LogP contribution in [-0.2, 0) is 28.6 Å². The van der Waals surface area contributed by atoms with E-state index >= 15 is 0 Å². The van der Waals surface area contributed by atoms with E-state index < -0.39 is 46.2 Å². The van der Waals surface area contributed by atoms with Gasteiger partial charge in [0.05, 0.1) is 22.9 Å². The van der Waals surface area contributed by atoms with Crippen molar-refractivity contribution in [1.29, 1.82) is 0 Å². The second kappa shape index (κ2) is 11.5. The Balaban J connectivity index is 1.71. The topological polar surface area (TPSA) is 119 Å². The summed E-state index contributed by atoms with van der Waals surface area (Å²) in [6, 6.07) is 0. The molecule has 3 aliphatic carbocycles. The van der Waals surface area contributed by atoms with Gasteiger partial charge in [0.15, 0.2) is 0 Å². The molecule has 8 nitrogen and oxygen atoms in total. The Morgan fingerprint density at radius 2 is 1.62 bits per heavy atom. The first-order valence-electron chi connectivity index (χ1n) is 15.3. The first-order valence-corrected chi connectivity index (χ1v) is 15.3. The maximum absolute atomic E-state index is 13.6. The minimum absolute atomic E-state index is 0.0428. The molecule has 8 atom stereocenters. The van der Waals surface area contributed by atoms with Crippen LogP contribution in [0.15, 0.2) is 0 Å². The molecule has 4 aliphatic rings. The second-order valence-electron chi connectivity index (χ2n) is 15.2. The largest absolute Gasteiger partial charge is 0.481 e. The smallest absolute Gasteiger partial charge is 0.314 e. The van der Waals surface area contributed by atoms with Crippen molar-refractivity contribution in [3.05, 3.63) is 0 Å². The highest BCUT2D eigenvalue weighted by atomic mass is 16.7. The molecule has 0 radical (unpaired) electrons. The van der Waals surface area contributed by atoms with Gasteiger partial charge in [-0.3, -0.25) is 14.4 Å². The molecule has 0 spiro atoms. The SMILES string of the molecule is CCC(C)(CC(C)(CC(C)CC(C)(C)C(=O)OC1CC2CC(C2(C)C)[C@]1(C)O)C(=O)OC1CCCCO1)C(=O)O. The van der Waals surface area contributed by atoms with E-state index in [1.807, 2.05) is 27.7 Å². The zero-order chi connectivity index (χ0) is 30.3. The third-order valence-corrected chi connectivity index (χ3v) is 10.7. The maximum Gasteiger partial charge on any atom is 0.314 e. The van der Waals surface area contributed by atoms with Gasteiger partial charge >= 0.3 is 17.9 Å². The third-order valence-electron chi connectivity index (χ3n) is 10.7. The van der Waals surface area contributed by atoms with Crippen LogP contribution < -0.4 is 0 Å². The molecular formula is C32H54O8. The average molecular weight is 567 g/mol. The molecule has 2 N–H and O–H groups in total. The van der Waals surface area contributed by atoms with Crippen LogP contribution in [0.5, 0.6) is 0 Å². The lowest BCUT2D eigenvalue weighted by atomic mass is 9.43. The van der Waals surface area contributed by atoms with Gasteiger partial charge in [-0.05, 0) is 109 Å². The van der Waals surface area contributed by atoms with Gasteiger partial charge in [0.1, 0.15) is 11.7 Å². The zero-order valence-electron chi connectivity index (χ0n) is 26.3. The monoisotopic (exact) mass is 566 g/mol. The van der Waals surface area contributed by atoms with Crippen LogP contribution in [0.1, 0.15) is 120 Å². The molecule has 0 aromatic rings. The Hall–Kier alpha value is -1.67. The molecule has 2 bridgehead atoms. The van der Waals surface area contributed by atoms with Crippen molar-refractivity contribution >= 4 is 17.9 Å². The molecule has 1 saturated heterocycles. The number of fused-ring (bicyclic) bond motifs is 2. The molecule has 1 aliphatic heterocycles. The summed E-state index contributed by atoms with van der Waals surface area (Å²) in [6.07, 6.45) is 4.23. The molecule has 4 rings (SSSR count). The molecule has 3 saturated carbocycles. The van der Waals surface area contributed by atoms with Gasteiger partial charge in [-0.2, -0.15) is 0 Å². The molecule has 0 aromatic carbocycles. The van der Waals surface area contributed by atoms with E-state index in [0.29, 0.717) is 44.6 Å². The van der Waals surface area contributed by atoms with Crippen LogP contribution in [0.4, 0.5) is 0 Å². The van der Waals surface area contributed by atoms with E-state index in [-0.39, 0.29) is 29.6 Å². The average Bonchev–Trinajstić information content (AvgIpc) is 2.84. The summed E-state index contributed by atoms with van der Waals surface area (Å²) in [4.78, 5) is 39.2. The molecule has 8 heteroatoms. The normalized spacial score (nSPS) is 33.5. The van der Waals surface area contributed by atoms with Gasteiger partial charge in [-0.15, -0.1) is 0 Å². The minimum Gasteiger partial charge on any atom is -0.481 e. The predicted octanol–water partition coefficient (Wildman–Crippen LogP) is 6.12. The first kappa shape index (κ1) is 32.8. The van der Waals surface area contributed by atoms with Crippen LogP contribution in [-0.4, -0.2) is 52.7 Å². The fourth-order valence-corrected chi connectivity index (χ4v) is 7.89. The number of carbonyl (C=O) groups excluding carboxylic acids is 2. The Labute approximate surface area is 240 Å². The number of aliphatic hydroxyl groups is 1. The third kappa shape index (κ3) is 6.53. The molecular weight excluding hydrogens is 512 g/mol. The van der Waals surface area contributed by atoms with Crippen molar-refractivity contribution in [3.63, 3.8) is 0 Å². The maximum atomic E-state index is 13.6. The molecule has 7 unspecified atom stereocenters. The Morgan fingerprint density at radius 3 is 2.12 bits per heavy atom. The number of aliphatic carboxylic acids is 1. The number of carboxylic acid groups (broad SMARTS) is 1. The van der Waals surface area contributed by atoms with Crippen LogP contribution >= 0.6 is 0 Å². The van der Waals surface area contributed by atoms with Crippen LogP contribution in [0.2, 0.25) is 0 Å². The van der Waals surface area contributed by atoms with Crippen molar-refractivity contribution in [1.82, 2.24) is 0 Å². The quantitative estimate of drug-likeness (QED) is 0.271. The highest BCUT2D eigenvalue weighted by Gasteiger charge is 2.64. The summed E-state index contributed by atoms with van der Waals surface area (Å²) in [5.74, 6) is -1.33. The summed E-state index contributed by atoms with van der Waals surface area (Å²) in [5, 5.41) is 21.3. The van der Waals surface area contributed by atoms with E-state index in [4.69, 9.17) is 14.2 Å². The fraction of sp³-hybridized carbons (Fsp3) is 0.906. The summed E-state index contributed by atoms with van der Waals surface area (Å²) >= 11 is 0. The lowest BCUT2D eigenvalue weighted by Gasteiger charge is -2.64. The van der Waals surface area contributed by atoms with Crippen molar-refractivity contribution in [2.75, 3.05) is 6.61 Å². The number of carboxylic acids is 1. The zero-order valence-corrected chi connectivity index (χ0v) is 26.3. The lowest BCUT2D eigenvalue weighted by molar-refractivity contribution is -0.256. The Morgan fingerprint density at radius 1 is 0.975 bits per heavy atom. The van der Waals surface area contributed by atoms with Gasteiger partial charge in [0, 0.05) is 6.42 Å². The molecule has 1 heterocycles. The van der Waals surface area contributed by atoms with Crippen molar-refractivity contribution in [3.8, 4) is 0 Å². The van der Waals surface area contributed by atoms with Gasteiger partial charge in [-0.25, -0.2) is 0 Å². The van der Waals surface area contributed by atoms with Gasteiger partial charge in [0.2, 0.25) is 6.29 Å². The minimum atomic E-state index is -1.10. The second-order valence-corrected chi connectivity index (χ2v) is 15.2. The van der Waals surface area contributed by atoms with E-state index in [1.54, 1.807) is 20.8 Å². The van der Waals surface area contributed by atoms with Gasteiger partial charge in [0.25, 0.3) is 0 Å². The molecule has 0 aromatic heterocycles. The fourth-order valence-electron chi connectivity index (χ4n) is 7.89. The van der Waals surface area contributed by atoms with E-state index in [9.17, 15) is 24.6 Å². The highest BCUT2D eigenvalue weighted by molar-refractivity contribution is 5.80. The first-order chi connectivity index (χ1) is 18.3. The molecule has 230 valence electrons. The van der Waals surface area contributed by atoms with Crippen molar-refractivity contribution < 1.29 is 38.8 Å². The van der Waals surface area contributed by atoms with Crippen LogP contribution in [0, 0.1) is 39.4 Å². The number of hydrogen-bond donors (Lipinski definition) is 2. The van der Waals surface area contributed by atoms with Crippen molar-refractivity contribution in [2.24, 2.45) is 39.4 Å². The van der Waals surface area contributed by atoms with Crippen LogP contribution in [0.25, 0.3) is 0 Å². The molecule has 4 fully saturated rings. The number of rotatable bonds is 12. The molecule has 0 amide bonds. The van der Waals surface area contributed by atoms with Crippen LogP contribution in [0.3, 0.4) is 0 Å². The number of ether oxygens (including phenoxy) is 3. The number of carbonyl (C=O) groups is 3. The van der Waals surface area contributed by atoms with Crippen molar-refractivity contribution in [2.45, 2.75) is 138 Å². The number of hydrogen-bond acceptors (Lipinski definition) is 7. The van der Waals surface area contributed by atoms with Gasteiger partial charge < -0.3 is 24.4 Å². The van der Waals surface area contributed by atoms with E-state index in [2.05, 4.69) is 13.8 Å².